The number of nitro benzene ring substituents is 1. The first kappa shape index (κ1) is 22.1. The van der Waals surface area contributed by atoms with Crippen molar-refractivity contribution < 1.29 is 19.2 Å². The maximum Gasteiger partial charge on any atom is 0.410 e. The first-order valence-corrected chi connectivity index (χ1v) is 11.6. The van der Waals surface area contributed by atoms with Crippen LogP contribution in [-0.4, -0.2) is 58.5 Å². The van der Waals surface area contributed by atoms with E-state index in [0.29, 0.717) is 49.5 Å². The van der Waals surface area contributed by atoms with Crippen molar-refractivity contribution in [2.45, 2.75) is 32.1 Å². The lowest BCUT2D eigenvalue weighted by molar-refractivity contribution is -0.383. The minimum absolute atomic E-state index is 0.0271. The predicted molar refractivity (Wildman–Crippen MR) is 126 cm³/mol. The van der Waals surface area contributed by atoms with Crippen molar-refractivity contribution in [3.8, 4) is 0 Å². The molecule has 10 nitrogen and oxygen atoms in total. The Morgan fingerprint density at radius 2 is 1.88 bits per heavy atom. The van der Waals surface area contributed by atoms with Crippen LogP contribution in [0.2, 0.25) is 0 Å². The minimum atomic E-state index is -0.364. The van der Waals surface area contributed by atoms with E-state index in [1.165, 1.54) is 6.07 Å². The highest BCUT2D eigenvalue weighted by atomic mass is 16.6. The molecular weight excluding hydrogens is 438 g/mol. The molecule has 1 amide bonds. The fourth-order valence-electron chi connectivity index (χ4n) is 4.58. The van der Waals surface area contributed by atoms with Gasteiger partial charge in [0, 0.05) is 38.9 Å². The number of hydrogen-bond donors (Lipinski definition) is 0. The monoisotopic (exact) mass is 465 g/mol. The van der Waals surface area contributed by atoms with Gasteiger partial charge in [-0.25, -0.2) is 9.48 Å². The van der Waals surface area contributed by atoms with E-state index in [1.807, 2.05) is 41.3 Å². The molecule has 5 rings (SSSR count). The van der Waals surface area contributed by atoms with E-state index in [2.05, 4.69) is 0 Å². The molecule has 3 aromatic rings. The van der Waals surface area contributed by atoms with Crippen molar-refractivity contribution in [1.29, 1.82) is 0 Å². The van der Waals surface area contributed by atoms with Gasteiger partial charge in [0.2, 0.25) is 0 Å². The van der Waals surface area contributed by atoms with Crippen molar-refractivity contribution in [2.24, 2.45) is 0 Å². The van der Waals surface area contributed by atoms with E-state index in [1.54, 1.807) is 15.6 Å². The SMILES string of the molecule is O=C(OCc1ccccc1)N1CCN(c2nn(C3CCCCO3)c3cccc([N+](=O)[O-])c23)CC1. The average Bonchev–Trinajstić information content (AvgIpc) is 3.28. The van der Waals surface area contributed by atoms with E-state index in [-0.39, 0.29) is 29.5 Å². The van der Waals surface area contributed by atoms with E-state index in [0.717, 1.165) is 24.8 Å². The number of benzene rings is 2. The zero-order chi connectivity index (χ0) is 23.5. The van der Waals surface area contributed by atoms with Crippen molar-refractivity contribution in [2.75, 3.05) is 37.7 Å². The fourth-order valence-corrected chi connectivity index (χ4v) is 4.58. The zero-order valence-corrected chi connectivity index (χ0v) is 18.8. The van der Waals surface area contributed by atoms with Gasteiger partial charge in [-0.05, 0) is 30.9 Å². The lowest BCUT2D eigenvalue weighted by atomic mass is 10.1. The Morgan fingerprint density at radius 1 is 1.09 bits per heavy atom. The number of nitrogens with zero attached hydrogens (tertiary/aromatic N) is 5. The maximum atomic E-state index is 12.5. The molecule has 2 aliphatic heterocycles. The number of nitro groups is 1. The number of anilines is 1. The molecule has 1 atom stereocenters. The summed E-state index contributed by atoms with van der Waals surface area (Å²) in [6, 6.07) is 14.6. The first-order chi connectivity index (χ1) is 16.6. The number of rotatable bonds is 5. The molecule has 2 fully saturated rings. The maximum absolute atomic E-state index is 12.5. The van der Waals surface area contributed by atoms with Crippen molar-refractivity contribution in [1.82, 2.24) is 14.7 Å². The quantitative estimate of drug-likeness (QED) is 0.413. The Labute approximate surface area is 196 Å². The summed E-state index contributed by atoms with van der Waals surface area (Å²) in [7, 11) is 0. The van der Waals surface area contributed by atoms with Crippen LogP contribution in [0.15, 0.2) is 48.5 Å². The van der Waals surface area contributed by atoms with Crippen LogP contribution in [-0.2, 0) is 16.1 Å². The van der Waals surface area contributed by atoms with Gasteiger partial charge in [-0.3, -0.25) is 10.1 Å². The molecule has 1 aromatic heterocycles. The molecule has 0 radical (unpaired) electrons. The van der Waals surface area contributed by atoms with Gasteiger partial charge in [0.25, 0.3) is 5.69 Å². The number of carbonyl (C=O) groups excluding carboxylic acids is 1. The molecule has 0 N–H and O–H groups in total. The second-order valence-corrected chi connectivity index (χ2v) is 8.53. The van der Waals surface area contributed by atoms with Gasteiger partial charge in [-0.15, -0.1) is 0 Å². The van der Waals surface area contributed by atoms with Gasteiger partial charge >= 0.3 is 6.09 Å². The fraction of sp³-hybridized carbons (Fsp3) is 0.417. The summed E-state index contributed by atoms with van der Waals surface area (Å²) in [5, 5.41) is 17.1. The molecule has 1 unspecified atom stereocenters. The predicted octanol–water partition coefficient (Wildman–Crippen LogP) is 4.10. The van der Waals surface area contributed by atoms with Crippen LogP contribution < -0.4 is 4.90 Å². The van der Waals surface area contributed by atoms with Crippen LogP contribution >= 0.6 is 0 Å². The molecule has 2 aromatic carbocycles. The van der Waals surface area contributed by atoms with Crippen LogP contribution in [0.1, 0.15) is 31.1 Å². The zero-order valence-electron chi connectivity index (χ0n) is 18.8. The van der Waals surface area contributed by atoms with Gasteiger partial charge in [0.05, 0.1) is 10.4 Å². The second kappa shape index (κ2) is 9.68. The van der Waals surface area contributed by atoms with Gasteiger partial charge in [-0.2, -0.15) is 5.10 Å². The van der Waals surface area contributed by atoms with Crippen LogP contribution in [0.3, 0.4) is 0 Å². The molecule has 3 heterocycles. The van der Waals surface area contributed by atoms with E-state index in [4.69, 9.17) is 14.6 Å². The number of fused-ring (bicyclic) bond motifs is 1. The van der Waals surface area contributed by atoms with Crippen LogP contribution in [0, 0.1) is 10.1 Å². The van der Waals surface area contributed by atoms with Crippen LogP contribution in [0.4, 0.5) is 16.3 Å². The van der Waals surface area contributed by atoms with E-state index in [9.17, 15) is 14.9 Å². The summed E-state index contributed by atoms with van der Waals surface area (Å²) in [5.74, 6) is 0.564. The molecule has 10 heteroatoms. The lowest BCUT2D eigenvalue weighted by Crippen LogP contribution is -2.49. The topological polar surface area (TPSA) is 103 Å². The molecule has 0 saturated carbocycles. The van der Waals surface area contributed by atoms with Crippen LogP contribution in [0.5, 0.6) is 0 Å². The Hall–Kier alpha value is -3.66. The minimum Gasteiger partial charge on any atom is -0.445 e. The van der Waals surface area contributed by atoms with Crippen molar-refractivity contribution >= 4 is 28.5 Å². The average molecular weight is 466 g/mol. The number of non-ortho nitro benzene ring substituents is 1. The first-order valence-electron chi connectivity index (χ1n) is 11.6. The highest BCUT2D eigenvalue weighted by molar-refractivity contribution is 5.98. The Balaban J connectivity index is 1.34. The summed E-state index contributed by atoms with van der Waals surface area (Å²) in [5.41, 5.74) is 1.66. The molecule has 178 valence electrons. The molecule has 0 spiro atoms. The van der Waals surface area contributed by atoms with E-state index < -0.39 is 0 Å². The smallest absolute Gasteiger partial charge is 0.410 e. The Kier molecular flexibility index (Phi) is 6.31. The number of amides is 1. The Morgan fingerprint density at radius 3 is 2.59 bits per heavy atom. The number of hydrogen-bond acceptors (Lipinski definition) is 7. The summed E-state index contributed by atoms with van der Waals surface area (Å²) >= 11 is 0. The molecule has 0 aliphatic carbocycles. The highest BCUT2D eigenvalue weighted by Crippen LogP contribution is 2.37. The highest BCUT2D eigenvalue weighted by Gasteiger charge is 2.31. The lowest BCUT2D eigenvalue weighted by Gasteiger charge is -2.34. The summed E-state index contributed by atoms with van der Waals surface area (Å²) in [6.07, 6.45) is 2.26. The van der Waals surface area contributed by atoms with Crippen molar-refractivity contribution in [3.63, 3.8) is 0 Å². The number of aromatic nitrogens is 2. The van der Waals surface area contributed by atoms with Crippen LogP contribution in [0.25, 0.3) is 10.9 Å². The standard InChI is InChI=1S/C24H27N5O5/c30-24(34-17-18-7-2-1-3-8-18)27-14-12-26(13-15-27)23-22-19(9-6-10-20(22)29(31)32)28(25-23)21-11-4-5-16-33-21/h1-3,6-10,21H,4-5,11-17H2. The molecule has 2 saturated heterocycles. The molecular formula is C24H27N5O5. The van der Waals surface area contributed by atoms with Gasteiger partial charge in [0.1, 0.15) is 12.0 Å². The molecule has 0 bridgehead atoms. The molecule has 34 heavy (non-hydrogen) atoms. The van der Waals surface area contributed by atoms with Gasteiger partial charge < -0.3 is 19.3 Å². The largest absolute Gasteiger partial charge is 0.445 e. The summed E-state index contributed by atoms with van der Waals surface area (Å²) in [4.78, 5) is 27.7. The normalized spacial score (nSPS) is 18.8. The number of ether oxygens (including phenoxy) is 2. The molecule has 2 aliphatic rings. The van der Waals surface area contributed by atoms with E-state index >= 15 is 0 Å². The second-order valence-electron chi connectivity index (χ2n) is 8.53. The number of carbonyl (C=O) groups is 1. The van der Waals surface area contributed by atoms with Crippen molar-refractivity contribution in [3.05, 3.63) is 64.2 Å². The Bertz CT molecular complexity index is 1170. The number of piperazine rings is 1. The summed E-state index contributed by atoms with van der Waals surface area (Å²) in [6.45, 7) is 2.78. The summed E-state index contributed by atoms with van der Waals surface area (Å²) < 4.78 is 13.2. The van der Waals surface area contributed by atoms with Gasteiger partial charge in [-0.1, -0.05) is 36.4 Å². The third-order valence-corrected chi connectivity index (χ3v) is 6.36. The van der Waals surface area contributed by atoms with Gasteiger partial charge in [0.15, 0.2) is 12.0 Å². The third-order valence-electron chi connectivity index (χ3n) is 6.36. The third kappa shape index (κ3) is 4.41.